The fraction of sp³-hybridized carbons (Fsp3) is 0.478. The van der Waals surface area contributed by atoms with Gasteiger partial charge in [-0.3, -0.25) is 9.36 Å². The summed E-state index contributed by atoms with van der Waals surface area (Å²) in [7, 11) is 1.69. The zero-order chi connectivity index (χ0) is 27.5. The Morgan fingerprint density at radius 3 is 2.82 bits per heavy atom. The van der Waals surface area contributed by atoms with Gasteiger partial charge >= 0.3 is 12.6 Å². The van der Waals surface area contributed by atoms with Gasteiger partial charge in [0.15, 0.2) is 17.0 Å². The van der Waals surface area contributed by atoms with Crippen LogP contribution in [0, 0.1) is 5.92 Å². The molecule has 0 saturated carbocycles. The maximum absolute atomic E-state index is 16.1. The number of anilines is 2. The molecule has 206 valence electrons. The summed E-state index contributed by atoms with van der Waals surface area (Å²) < 4.78 is 40.4. The molecular weight excluding hydrogens is 536 g/mol. The van der Waals surface area contributed by atoms with Gasteiger partial charge in [-0.1, -0.05) is 25.1 Å². The van der Waals surface area contributed by atoms with Crippen LogP contribution in [0.15, 0.2) is 36.7 Å². The first-order valence-corrected chi connectivity index (χ1v) is 14.7. The SMILES string of the molecule is CCOC(=O)[C@H](C)N[P@](=S)(OC[C@]1(F)C[C@H](C)[C@H](n2cnc3c(NC)nc(N)nc32)O1)Oc1ccccc1. The smallest absolute Gasteiger partial charge is 0.323 e. The molecular formula is C23H31FN7O5PS. The van der Waals surface area contributed by atoms with Gasteiger partial charge in [0.2, 0.25) is 11.8 Å². The number of nitrogens with two attached hydrogens (primary N) is 1. The summed E-state index contributed by atoms with van der Waals surface area (Å²) in [6.07, 6.45) is 0.774. The number of alkyl halides is 1. The fourth-order valence-electron chi connectivity index (χ4n) is 4.13. The third-order valence-corrected chi connectivity index (χ3v) is 8.29. The Morgan fingerprint density at radius 1 is 1.39 bits per heavy atom. The van der Waals surface area contributed by atoms with E-state index in [0.29, 0.717) is 22.7 Å². The van der Waals surface area contributed by atoms with Crippen LogP contribution < -0.4 is 20.7 Å². The first-order chi connectivity index (χ1) is 18.1. The van der Waals surface area contributed by atoms with Crippen molar-refractivity contribution in [2.45, 2.75) is 45.3 Å². The third-order valence-electron chi connectivity index (χ3n) is 5.81. The molecule has 0 aliphatic carbocycles. The van der Waals surface area contributed by atoms with E-state index in [2.05, 4.69) is 25.4 Å². The van der Waals surface area contributed by atoms with E-state index in [1.54, 1.807) is 49.7 Å². The number of nitrogen functional groups attached to an aromatic ring is 1. The lowest BCUT2D eigenvalue weighted by molar-refractivity contribution is -0.172. The van der Waals surface area contributed by atoms with Crippen LogP contribution >= 0.6 is 6.64 Å². The van der Waals surface area contributed by atoms with Crippen LogP contribution in [-0.4, -0.2) is 57.6 Å². The summed E-state index contributed by atoms with van der Waals surface area (Å²) in [6.45, 7) is 1.35. The monoisotopic (exact) mass is 567 g/mol. The molecule has 15 heteroatoms. The number of nitrogens with zero attached hydrogens (tertiary/aromatic N) is 4. The van der Waals surface area contributed by atoms with Crippen LogP contribution in [0.4, 0.5) is 16.2 Å². The minimum Gasteiger partial charge on any atom is -0.465 e. The number of imidazole rings is 1. The van der Waals surface area contributed by atoms with Crippen LogP contribution in [0.2, 0.25) is 0 Å². The Labute approximate surface area is 224 Å². The normalized spacial score (nSPS) is 23.6. The Bertz CT molecular complexity index is 1330. The molecule has 0 bridgehead atoms. The highest BCUT2D eigenvalue weighted by molar-refractivity contribution is 8.09. The fourth-order valence-corrected chi connectivity index (χ4v) is 6.54. The van der Waals surface area contributed by atoms with E-state index in [9.17, 15) is 4.79 Å². The molecule has 38 heavy (non-hydrogen) atoms. The number of aromatic nitrogens is 4. The van der Waals surface area contributed by atoms with E-state index < -0.39 is 37.3 Å². The lowest BCUT2D eigenvalue weighted by atomic mass is 10.1. The second kappa shape index (κ2) is 11.5. The molecule has 1 fully saturated rings. The van der Waals surface area contributed by atoms with Gasteiger partial charge in [0.1, 0.15) is 24.6 Å². The predicted octanol–water partition coefficient (Wildman–Crippen LogP) is 3.53. The van der Waals surface area contributed by atoms with Crippen LogP contribution in [0.1, 0.15) is 33.4 Å². The number of hydrogen-bond donors (Lipinski definition) is 3. The highest BCUT2D eigenvalue weighted by Gasteiger charge is 2.48. The number of halogens is 1. The van der Waals surface area contributed by atoms with Crippen molar-refractivity contribution in [1.29, 1.82) is 0 Å². The minimum atomic E-state index is -3.43. The van der Waals surface area contributed by atoms with Gasteiger partial charge in [-0.15, -0.1) is 0 Å². The average Bonchev–Trinajstić information content (AvgIpc) is 3.43. The molecule has 1 aliphatic rings. The van der Waals surface area contributed by atoms with Crippen molar-refractivity contribution in [3.63, 3.8) is 0 Å². The molecule has 1 aliphatic heterocycles. The molecule has 0 spiro atoms. The lowest BCUT2D eigenvalue weighted by Crippen LogP contribution is -2.37. The number of esters is 1. The van der Waals surface area contributed by atoms with Gasteiger partial charge in [0, 0.05) is 19.4 Å². The van der Waals surface area contributed by atoms with E-state index in [-0.39, 0.29) is 24.9 Å². The summed E-state index contributed by atoms with van der Waals surface area (Å²) in [5, 5.41) is 5.82. The Balaban J connectivity index is 1.53. The maximum Gasteiger partial charge on any atom is 0.323 e. The quantitative estimate of drug-likeness (QED) is 0.230. The topological polar surface area (TPSA) is 148 Å². The van der Waals surface area contributed by atoms with Gasteiger partial charge in [-0.25, -0.2) is 14.5 Å². The zero-order valence-electron chi connectivity index (χ0n) is 21.5. The van der Waals surface area contributed by atoms with E-state index in [4.69, 9.17) is 36.1 Å². The molecule has 0 unspecified atom stereocenters. The molecule has 5 atom stereocenters. The number of carbonyl (C=O) groups is 1. The average molecular weight is 568 g/mol. The van der Waals surface area contributed by atoms with Crippen LogP contribution in [-0.2, 0) is 30.6 Å². The summed E-state index contributed by atoms with van der Waals surface area (Å²) in [5.41, 5.74) is 6.74. The molecule has 12 nitrogen and oxygen atoms in total. The van der Waals surface area contributed by atoms with Crippen molar-refractivity contribution < 1.29 is 27.7 Å². The van der Waals surface area contributed by atoms with E-state index >= 15 is 4.39 Å². The van der Waals surface area contributed by atoms with Crippen LogP contribution in [0.5, 0.6) is 5.75 Å². The molecule has 3 heterocycles. The molecule has 2 aromatic heterocycles. The summed E-state index contributed by atoms with van der Waals surface area (Å²) in [6, 6.07) is 7.87. The van der Waals surface area contributed by atoms with Crippen molar-refractivity contribution in [1.82, 2.24) is 24.6 Å². The van der Waals surface area contributed by atoms with Crippen molar-refractivity contribution in [2.75, 3.05) is 31.3 Å². The van der Waals surface area contributed by atoms with Crippen LogP contribution in [0.3, 0.4) is 0 Å². The van der Waals surface area contributed by atoms with Gasteiger partial charge < -0.3 is 29.6 Å². The number of fused-ring (bicyclic) bond motifs is 1. The molecule has 4 rings (SSSR count). The van der Waals surface area contributed by atoms with Crippen LogP contribution in [0.25, 0.3) is 11.2 Å². The largest absolute Gasteiger partial charge is 0.465 e. The highest BCUT2D eigenvalue weighted by atomic mass is 32.5. The number of nitrogens with one attached hydrogen (secondary N) is 2. The number of benzene rings is 1. The van der Waals surface area contributed by atoms with Gasteiger partial charge in [-0.05, 0) is 37.8 Å². The standard InChI is InChI=1S/C23H31FN7O5PS/c1-5-33-21(32)15(3)30-37(38,36-16-9-7-6-8-10-16)34-12-23(24)11-14(2)20(35-23)31-13-27-17-18(26-4)28-22(25)29-19(17)31/h6-10,13-15,20H,5,11-12H2,1-4H3,(H,30,38)(H3,25,26,28,29)/t14-,15-,20+,23-,37-/m0/s1. The molecule has 0 amide bonds. The first-order valence-electron chi connectivity index (χ1n) is 12.0. The third kappa shape index (κ3) is 6.21. The predicted molar refractivity (Wildman–Crippen MR) is 144 cm³/mol. The second-order valence-corrected chi connectivity index (χ2v) is 12.0. The van der Waals surface area contributed by atoms with Gasteiger partial charge in [0.05, 0.1) is 12.9 Å². The zero-order valence-corrected chi connectivity index (χ0v) is 23.2. The van der Waals surface area contributed by atoms with E-state index in [1.807, 2.05) is 13.0 Å². The second-order valence-electron chi connectivity index (χ2n) is 8.86. The Kier molecular flexibility index (Phi) is 8.48. The minimum absolute atomic E-state index is 0.00485. The van der Waals surface area contributed by atoms with Crippen molar-refractivity contribution >= 4 is 47.3 Å². The molecule has 1 saturated heterocycles. The number of hydrogen-bond acceptors (Lipinski definition) is 11. The number of carbonyl (C=O) groups excluding carboxylic acids is 1. The Morgan fingerprint density at radius 2 is 2.13 bits per heavy atom. The number of rotatable bonds is 11. The number of para-hydroxylation sites is 1. The van der Waals surface area contributed by atoms with E-state index in [0.717, 1.165) is 0 Å². The summed E-state index contributed by atoms with van der Waals surface area (Å²) in [5.74, 6) is -2.11. The van der Waals surface area contributed by atoms with E-state index in [1.165, 1.54) is 6.33 Å². The first kappa shape index (κ1) is 28.1. The highest BCUT2D eigenvalue weighted by Crippen LogP contribution is 2.49. The van der Waals surface area contributed by atoms with Crippen molar-refractivity contribution in [2.24, 2.45) is 5.92 Å². The lowest BCUT2D eigenvalue weighted by Gasteiger charge is -2.29. The Hall–Kier alpha value is -2.90. The summed E-state index contributed by atoms with van der Waals surface area (Å²) >= 11 is 5.66. The number of ether oxygens (including phenoxy) is 2. The summed E-state index contributed by atoms with van der Waals surface area (Å²) in [4.78, 5) is 25.0. The molecule has 3 aromatic rings. The maximum atomic E-state index is 16.1. The molecule has 4 N–H and O–H groups in total. The van der Waals surface area contributed by atoms with Crippen molar-refractivity contribution in [3.8, 4) is 5.75 Å². The molecule has 1 aromatic carbocycles. The molecule has 0 radical (unpaired) electrons. The van der Waals surface area contributed by atoms with Gasteiger partial charge in [0.25, 0.3) is 0 Å². The van der Waals surface area contributed by atoms with Crippen molar-refractivity contribution in [3.05, 3.63) is 36.7 Å². The van der Waals surface area contributed by atoms with Gasteiger partial charge in [-0.2, -0.15) is 9.97 Å².